The van der Waals surface area contributed by atoms with Crippen molar-refractivity contribution in [2.45, 2.75) is 24.8 Å². The molecular formula is C23H21NO2S. The van der Waals surface area contributed by atoms with Gasteiger partial charge in [-0.1, -0.05) is 72.3 Å². The zero-order valence-electron chi connectivity index (χ0n) is 15.3. The minimum Gasteiger partial charge on any atom is -0.254 e. The third-order valence-electron chi connectivity index (χ3n) is 4.95. The van der Waals surface area contributed by atoms with Gasteiger partial charge in [-0.2, -0.15) is 0 Å². The summed E-state index contributed by atoms with van der Waals surface area (Å²) >= 11 is 0. The normalized spacial score (nSPS) is 16.6. The molecule has 0 spiro atoms. The van der Waals surface area contributed by atoms with Gasteiger partial charge in [0.15, 0.2) is 0 Å². The Hall–Kier alpha value is -2.85. The van der Waals surface area contributed by atoms with Crippen LogP contribution in [0.4, 0.5) is 5.69 Å². The van der Waals surface area contributed by atoms with Gasteiger partial charge in [-0.3, -0.25) is 4.31 Å². The molecule has 1 atom stereocenters. The molecule has 0 radical (unpaired) electrons. The SMILES string of the molecule is CC1=CC(c2ccccc2)N(S(=O)(=O)c2ccc(C)cc2)c2ccccc21. The van der Waals surface area contributed by atoms with Crippen molar-refractivity contribution in [3.05, 3.63) is 102 Å². The first kappa shape index (κ1) is 17.6. The van der Waals surface area contributed by atoms with Crippen LogP contribution in [0.5, 0.6) is 0 Å². The first-order chi connectivity index (χ1) is 13.0. The highest BCUT2D eigenvalue weighted by Gasteiger charge is 2.35. The van der Waals surface area contributed by atoms with Crippen LogP contribution in [0.15, 0.2) is 89.8 Å². The Morgan fingerprint density at radius 3 is 2.11 bits per heavy atom. The minimum atomic E-state index is -3.72. The highest BCUT2D eigenvalue weighted by atomic mass is 32.2. The second-order valence-corrected chi connectivity index (χ2v) is 8.65. The molecule has 1 aliphatic heterocycles. The maximum absolute atomic E-state index is 13.6. The van der Waals surface area contributed by atoms with Crippen LogP contribution in [0.25, 0.3) is 5.57 Å². The van der Waals surface area contributed by atoms with E-state index in [1.54, 1.807) is 16.4 Å². The van der Waals surface area contributed by atoms with E-state index in [4.69, 9.17) is 0 Å². The van der Waals surface area contributed by atoms with Gasteiger partial charge in [0.1, 0.15) is 0 Å². The van der Waals surface area contributed by atoms with Crippen LogP contribution in [-0.4, -0.2) is 8.42 Å². The van der Waals surface area contributed by atoms with E-state index in [1.165, 1.54) is 0 Å². The van der Waals surface area contributed by atoms with Gasteiger partial charge in [0.25, 0.3) is 10.0 Å². The number of para-hydroxylation sites is 1. The monoisotopic (exact) mass is 375 g/mol. The summed E-state index contributed by atoms with van der Waals surface area (Å²) in [6.45, 7) is 3.98. The van der Waals surface area contributed by atoms with Crippen molar-refractivity contribution >= 4 is 21.3 Å². The maximum Gasteiger partial charge on any atom is 0.265 e. The van der Waals surface area contributed by atoms with Crippen LogP contribution in [-0.2, 0) is 10.0 Å². The van der Waals surface area contributed by atoms with Crippen molar-refractivity contribution in [2.75, 3.05) is 4.31 Å². The summed E-state index contributed by atoms with van der Waals surface area (Å²) < 4.78 is 28.8. The molecule has 27 heavy (non-hydrogen) atoms. The summed E-state index contributed by atoms with van der Waals surface area (Å²) in [5.74, 6) is 0. The van der Waals surface area contributed by atoms with Crippen molar-refractivity contribution in [1.29, 1.82) is 0 Å². The third-order valence-corrected chi connectivity index (χ3v) is 6.76. The van der Waals surface area contributed by atoms with E-state index in [1.807, 2.05) is 86.7 Å². The lowest BCUT2D eigenvalue weighted by atomic mass is 9.94. The number of anilines is 1. The number of rotatable bonds is 3. The lowest BCUT2D eigenvalue weighted by Crippen LogP contribution is -2.36. The number of allylic oxidation sites excluding steroid dienone is 1. The molecule has 0 amide bonds. The molecule has 3 aromatic carbocycles. The smallest absolute Gasteiger partial charge is 0.254 e. The van der Waals surface area contributed by atoms with Crippen molar-refractivity contribution in [2.24, 2.45) is 0 Å². The van der Waals surface area contributed by atoms with Crippen LogP contribution >= 0.6 is 0 Å². The molecular weight excluding hydrogens is 354 g/mol. The minimum absolute atomic E-state index is 0.303. The van der Waals surface area contributed by atoms with Gasteiger partial charge in [-0.15, -0.1) is 0 Å². The van der Waals surface area contributed by atoms with Gasteiger partial charge in [0, 0.05) is 5.56 Å². The highest BCUT2D eigenvalue weighted by molar-refractivity contribution is 7.92. The summed E-state index contributed by atoms with van der Waals surface area (Å²) in [7, 11) is -3.72. The van der Waals surface area contributed by atoms with Gasteiger partial charge < -0.3 is 0 Å². The molecule has 0 aliphatic carbocycles. The molecule has 4 rings (SSSR count). The van der Waals surface area contributed by atoms with Gasteiger partial charge >= 0.3 is 0 Å². The maximum atomic E-state index is 13.6. The van der Waals surface area contributed by atoms with Gasteiger partial charge in [0.05, 0.1) is 16.6 Å². The standard InChI is InChI=1S/C23H21NO2S/c1-17-12-14-20(15-13-17)27(25,26)24-22-11-7-6-10-21(22)18(2)16-23(24)19-8-4-3-5-9-19/h3-16,23H,1-2H3. The van der Waals surface area contributed by atoms with E-state index in [2.05, 4.69) is 0 Å². The molecule has 1 heterocycles. The molecule has 0 aromatic heterocycles. The molecule has 1 aliphatic rings. The van der Waals surface area contributed by atoms with Crippen LogP contribution < -0.4 is 4.31 Å². The third kappa shape index (κ3) is 3.06. The van der Waals surface area contributed by atoms with Crippen molar-refractivity contribution < 1.29 is 8.42 Å². The largest absolute Gasteiger partial charge is 0.265 e. The van der Waals surface area contributed by atoms with Crippen LogP contribution in [0, 0.1) is 6.92 Å². The van der Waals surface area contributed by atoms with Gasteiger partial charge in [-0.25, -0.2) is 8.42 Å². The molecule has 0 fully saturated rings. The molecule has 0 N–H and O–H groups in total. The molecule has 3 aromatic rings. The summed E-state index contributed by atoms with van der Waals surface area (Å²) in [5.41, 5.74) is 4.72. The predicted octanol–water partition coefficient (Wildman–Crippen LogP) is 5.35. The summed E-state index contributed by atoms with van der Waals surface area (Å²) in [5, 5.41) is 0. The second kappa shape index (κ2) is 6.71. The molecule has 0 bridgehead atoms. The lowest BCUT2D eigenvalue weighted by Gasteiger charge is -2.36. The molecule has 0 saturated heterocycles. The van der Waals surface area contributed by atoms with E-state index >= 15 is 0 Å². The van der Waals surface area contributed by atoms with E-state index < -0.39 is 10.0 Å². The zero-order chi connectivity index (χ0) is 19.0. The summed E-state index contributed by atoms with van der Waals surface area (Å²) in [4.78, 5) is 0.303. The Balaban J connectivity index is 1.94. The Labute approximate surface area is 160 Å². The number of hydrogen-bond donors (Lipinski definition) is 0. The number of aryl methyl sites for hydroxylation is 1. The van der Waals surface area contributed by atoms with Crippen LogP contribution in [0.2, 0.25) is 0 Å². The molecule has 3 nitrogen and oxygen atoms in total. The van der Waals surface area contributed by atoms with Crippen molar-refractivity contribution in [1.82, 2.24) is 0 Å². The first-order valence-corrected chi connectivity index (χ1v) is 10.4. The van der Waals surface area contributed by atoms with Gasteiger partial charge in [-0.05, 0) is 43.2 Å². The quantitative estimate of drug-likeness (QED) is 0.619. The van der Waals surface area contributed by atoms with Gasteiger partial charge in [0.2, 0.25) is 0 Å². The average molecular weight is 375 g/mol. The average Bonchev–Trinajstić information content (AvgIpc) is 2.69. The van der Waals surface area contributed by atoms with Crippen LogP contribution in [0.3, 0.4) is 0 Å². The first-order valence-electron chi connectivity index (χ1n) is 8.92. The highest BCUT2D eigenvalue weighted by Crippen LogP contribution is 2.43. The fourth-order valence-corrected chi connectivity index (χ4v) is 5.13. The number of benzene rings is 3. The van der Waals surface area contributed by atoms with Crippen molar-refractivity contribution in [3.8, 4) is 0 Å². The number of nitrogens with zero attached hydrogens (tertiary/aromatic N) is 1. The van der Waals surface area contributed by atoms with E-state index in [9.17, 15) is 8.42 Å². The fourth-order valence-electron chi connectivity index (χ4n) is 3.53. The fraction of sp³-hybridized carbons (Fsp3) is 0.130. The Morgan fingerprint density at radius 1 is 0.778 bits per heavy atom. The molecule has 1 unspecified atom stereocenters. The number of hydrogen-bond acceptors (Lipinski definition) is 2. The summed E-state index contributed by atoms with van der Waals surface area (Å²) in [6, 6.07) is 24.1. The lowest BCUT2D eigenvalue weighted by molar-refractivity contribution is 0.586. The Bertz CT molecular complexity index is 1100. The van der Waals surface area contributed by atoms with Crippen molar-refractivity contribution in [3.63, 3.8) is 0 Å². The van der Waals surface area contributed by atoms with E-state index in [-0.39, 0.29) is 6.04 Å². The number of sulfonamides is 1. The molecule has 0 saturated carbocycles. The molecule has 4 heteroatoms. The predicted molar refractivity (Wildman–Crippen MR) is 110 cm³/mol. The topological polar surface area (TPSA) is 37.4 Å². The van der Waals surface area contributed by atoms with E-state index in [0.29, 0.717) is 10.6 Å². The van der Waals surface area contributed by atoms with Crippen LogP contribution in [0.1, 0.15) is 29.7 Å². The van der Waals surface area contributed by atoms with E-state index in [0.717, 1.165) is 22.3 Å². The molecule has 136 valence electrons. The second-order valence-electron chi connectivity index (χ2n) is 6.84. The Morgan fingerprint density at radius 2 is 1.41 bits per heavy atom. The Kier molecular flexibility index (Phi) is 4.36. The number of fused-ring (bicyclic) bond motifs is 1. The zero-order valence-corrected chi connectivity index (χ0v) is 16.1. The summed E-state index contributed by atoms with van der Waals surface area (Å²) in [6.07, 6.45) is 2.03.